The van der Waals surface area contributed by atoms with Crippen LogP contribution in [0, 0.1) is 0 Å². The fraction of sp³-hybridized carbons (Fsp3) is 0.364. The highest BCUT2D eigenvalue weighted by Gasteiger charge is 2.22. The van der Waals surface area contributed by atoms with Crippen LogP contribution >= 0.6 is 0 Å². The minimum absolute atomic E-state index is 0.0753. The molecule has 0 aliphatic rings. The van der Waals surface area contributed by atoms with E-state index in [0.29, 0.717) is 0 Å². The van der Waals surface area contributed by atoms with Crippen LogP contribution in [0.4, 0.5) is 0 Å². The monoisotopic (exact) mass is 256 g/mol. The maximum Gasteiger partial charge on any atom is 0.330 e. The zero-order valence-electron chi connectivity index (χ0n) is 9.76. The zero-order chi connectivity index (χ0) is 14.3. The molecule has 0 aromatic rings. The molecule has 18 heavy (non-hydrogen) atoms. The normalized spacial score (nSPS) is 13.2. The summed E-state index contributed by atoms with van der Waals surface area (Å²) in [6.45, 7) is 6.80. The van der Waals surface area contributed by atoms with Gasteiger partial charge >= 0.3 is 11.9 Å². The van der Waals surface area contributed by atoms with Gasteiger partial charge in [0.05, 0.1) is 0 Å². The van der Waals surface area contributed by atoms with Crippen LogP contribution in [0.5, 0.6) is 0 Å². The average Bonchev–Trinajstić information content (AvgIpc) is 2.31. The first-order valence-corrected chi connectivity index (χ1v) is 5.11. The van der Waals surface area contributed by atoms with Crippen molar-refractivity contribution in [2.75, 3.05) is 0 Å². The van der Waals surface area contributed by atoms with Gasteiger partial charge < -0.3 is 21.3 Å². The number of carboxylic acids is 2. The van der Waals surface area contributed by atoms with E-state index in [1.54, 1.807) is 0 Å². The van der Waals surface area contributed by atoms with Crippen molar-refractivity contribution in [2.24, 2.45) is 5.73 Å². The Morgan fingerprint density at radius 2 is 1.83 bits per heavy atom. The Bertz CT molecular complexity index is 378. The molecule has 0 saturated heterocycles. The Morgan fingerprint density at radius 1 is 1.28 bits per heavy atom. The minimum Gasteiger partial charge on any atom is -0.480 e. The fourth-order valence-corrected chi connectivity index (χ4v) is 1.07. The van der Waals surface area contributed by atoms with Crippen LogP contribution in [0.1, 0.15) is 12.8 Å². The number of nitrogens with two attached hydrogens (primary N) is 1. The lowest BCUT2D eigenvalue weighted by Crippen LogP contribution is -2.42. The lowest BCUT2D eigenvalue weighted by atomic mass is 10.1. The summed E-state index contributed by atoms with van der Waals surface area (Å²) in [5, 5.41) is 19.6. The molecule has 0 radical (unpaired) electrons. The summed E-state index contributed by atoms with van der Waals surface area (Å²) in [4.78, 5) is 32.7. The van der Waals surface area contributed by atoms with Gasteiger partial charge in [0.2, 0.25) is 5.91 Å². The van der Waals surface area contributed by atoms with E-state index in [1.165, 1.54) is 6.08 Å². The Labute approximate surface area is 104 Å². The Balaban J connectivity index is 4.36. The number of amides is 1. The summed E-state index contributed by atoms with van der Waals surface area (Å²) in [6, 6.07) is -2.42. The van der Waals surface area contributed by atoms with Crippen LogP contribution in [0.3, 0.4) is 0 Å². The summed E-state index contributed by atoms with van der Waals surface area (Å²) in [6.07, 6.45) is 0.970. The summed E-state index contributed by atoms with van der Waals surface area (Å²) < 4.78 is 0. The first-order chi connectivity index (χ1) is 8.29. The van der Waals surface area contributed by atoms with Gasteiger partial charge in [0.15, 0.2) is 6.04 Å². The molecule has 0 aliphatic carbocycles. The number of carbonyl (C=O) groups excluding carboxylic acids is 1. The van der Waals surface area contributed by atoms with Crippen LogP contribution < -0.4 is 11.1 Å². The van der Waals surface area contributed by atoms with Crippen molar-refractivity contribution in [1.29, 1.82) is 0 Å². The van der Waals surface area contributed by atoms with Gasteiger partial charge in [0, 0.05) is 6.42 Å². The van der Waals surface area contributed by atoms with E-state index in [1.807, 2.05) is 0 Å². The standard InChI is InChI=1S/C11H16N2O5/c1-3-6(2)9(11(17)18)13-8(14)5-4-7(12)10(15)16/h3,7,9H,1-2,4-5,12H2,(H,13,14)(H,15,16)(H,17,18)/t7-,9-/m0/s1. The lowest BCUT2D eigenvalue weighted by Gasteiger charge is -2.15. The Hall–Kier alpha value is -2.15. The van der Waals surface area contributed by atoms with E-state index in [9.17, 15) is 14.4 Å². The highest BCUT2D eigenvalue weighted by molar-refractivity contribution is 5.86. The zero-order valence-corrected chi connectivity index (χ0v) is 9.76. The summed E-state index contributed by atoms with van der Waals surface area (Å²) in [7, 11) is 0. The van der Waals surface area contributed by atoms with Crippen molar-refractivity contribution in [3.8, 4) is 0 Å². The minimum atomic E-state index is -1.27. The second kappa shape index (κ2) is 7.23. The third-order valence-electron chi connectivity index (χ3n) is 2.18. The van der Waals surface area contributed by atoms with Crippen LogP contribution in [-0.2, 0) is 14.4 Å². The predicted molar refractivity (Wildman–Crippen MR) is 63.7 cm³/mol. The highest BCUT2D eigenvalue weighted by atomic mass is 16.4. The number of nitrogens with one attached hydrogen (secondary N) is 1. The lowest BCUT2D eigenvalue weighted by molar-refractivity contribution is -0.141. The second-order valence-electron chi connectivity index (χ2n) is 3.60. The van der Waals surface area contributed by atoms with Crippen molar-refractivity contribution in [2.45, 2.75) is 24.9 Å². The third-order valence-corrected chi connectivity index (χ3v) is 2.18. The molecule has 5 N–H and O–H groups in total. The number of carboxylic acid groups (broad SMARTS) is 2. The molecule has 0 saturated carbocycles. The molecule has 7 heteroatoms. The number of hydrogen-bond donors (Lipinski definition) is 4. The van der Waals surface area contributed by atoms with Crippen LogP contribution in [0.25, 0.3) is 0 Å². The van der Waals surface area contributed by atoms with Gasteiger partial charge in [-0.1, -0.05) is 19.2 Å². The van der Waals surface area contributed by atoms with E-state index < -0.39 is 29.9 Å². The van der Waals surface area contributed by atoms with Gasteiger partial charge in [-0.2, -0.15) is 0 Å². The van der Waals surface area contributed by atoms with Gasteiger partial charge in [-0.25, -0.2) is 4.79 Å². The Morgan fingerprint density at radius 3 is 2.22 bits per heavy atom. The van der Waals surface area contributed by atoms with E-state index in [0.717, 1.165) is 0 Å². The van der Waals surface area contributed by atoms with Gasteiger partial charge in [0.25, 0.3) is 0 Å². The summed E-state index contributed by atoms with van der Waals surface area (Å²) in [5.41, 5.74) is 5.35. The first-order valence-electron chi connectivity index (χ1n) is 5.11. The smallest absolute Gasteiger partial charge is 0.330 e. The average molecular weight is 256 g/mol. The van der Waals surface area contributed by atoms with Gasteiger partial charge in [-0.15, -0.1) is 0 Å². The van der Waals surface area contributed by atoms with E-state index in [-0.39, 0.29) is 18.4 Å². The molecule has 0 spiro atoms. The molecule has 0 rings (SSSR count). The maximum atomic E-state index is 11.4. The molecule has 1 amide bonds. The number of rotatable bonds is 8. The molecule has 0 heterocycles. The molecular formula is C11H16N2O5. The first kappa shape index (κ1) is 15.9. The number of hydrogen-bond acceptors (Lipinski definition) is 4. The molecule has 2 atom stereocenters. The third kappa shape index (κ3) is 5.26. The molecule has 0 aromatic heterocycles. The quantitative estimate of drug-likeness (QED) is 0.433. The molecular weight excluding hydrogens is 240 g/mol. The molecule has 7 nitrogen and oxygen atoms in total. The fourth-order valence-electron chi connectivity index (χ4n) is 1.07. The molecule has 0 aromatic carbocycles. The van der Waals surface area contributed by atoms with Crippen molar-refractivity contribution in [3.63, 3.8) is 0 Å². The van der Waals surface area contributed by atoms with Crippen LogP contribution in [0.15, 0.2) is 24.8 Å². The topological polar surface area (TPSA) is 130 Å². The van der Waals surface area contributed by atoms with Crippen LogP contribution in [0.2, 0.25) is 0 Å². The van der Waals surface area contributed by atoms with E-state index >= 15 is 0 Å². The van der Waals surface area contributed by atoms with E-state index in [4.69, 9.17) is 15.9 Å². The predicted octanol–water partition coefficient (Wildman–Crippen LogP) is -0.510. The second-order valence-corrected chi connectivity index (χ2v) is 3.60. The summed E-state index contributed by atoms with van der Waals surface area (Å²) >= 11 is 0. The van der Waals surface area contributed by atoms with Crippen molar-refractivity contribution in [1.82, 2.24) is 5.32 Å². The molecule has 0 bridgehead atoms. The SMILES string of the molecule is C=CC(=C)[C@H](NC(=O)CC[C@H](N)C(=O)O)C(=O)O. The van der Waals surface area contributed by atoms with Gasteiger partial charge in [-0.05, 0) is 12.0 Å². The highest BCUT2D eigenvalue weighted by Crippen LogP contribution is 2.03. The van der Waals surface area contributed by atoms with Crippen molar-refractivity contribution in [3.05, 3.63) is 24.8 Å². The Kier molecular flexibility index (Phi) is 6.37. The van der Waals surface area contributed by atoms with E-state index in [2.05, 4.69) is 18.5 Å². The number of aliphatic carboxylic acids is 2. The van der Waals surface area contributed by atoms with Gasteiger partial charge in [0.1, 0.15) is 6.04 Å². The maximum absolute atomic E-state index is 11.4. The number of carbonyl (C=O) groups is 3. The van der Waals surface area contributed by atoms with Crippen LogP contribution in [-0.4, -0.2) is 40.1 Å². The van der Waals surface area contributed by atoms with Crippen molar-refractivity contribution < 1.29 is 24.6 Å². The largest absolute Gasteiger partial charge is 0.480 e. The molecule has 0 unspecified atom stereocenters. The van der Waals surface area contributed by atoms with Crippen molar-refractivity contribution >= 4 is 17.8 Å². The molecule has 0 aliphatic heterocycles. The van der Waals surface area contributed by atoms with Gasteiger partial charge in [-0.3, -0.25) is 9.59 Å². The molecule has 0 fully saturated rings. The molecule has 100 valence electrons. The summed E-state index contributed by atoms with van der Waals surface area (Å²) in [5.74, 6) is -3.09.